The van der Waals surface area contributed by atoms with E-state index in [-0.39, 0.29) is 17.7 Å². The van der Waals surface area contributed by atoms with Crippen molar-refractivity contribution in [3.8, 4) is 5.75 Å². The average molecular weight is 274 g/mol. The maximum atomic E-state index is 11.5. The summed E-state index contributed by atoms with van der Waals surface area (Å²) in [6.07, 6.45) is 0.159. The van der Waals surface area contributed by atoms with E-state index in [4.69, 9.17) is 9.84 Å². The lowest BCUT2D eigenvalue weighted by Gasteiger charge is -2.04. The molecule has 0 saturated heterocycles. The molecule has 0 bridgehead atoms. The van der Waals surface area contributed by atoms with E-state index in [1.54, 1.807) is 7.11 Å². The highest BCUT2D eigenvalue weighted by atomic mass is 16.5. The summed E-state index contributed by atoms with van der Waals surface area (Å²) in [5.74, 6) is 0.173. The van der Waals surface area contributed by atoms with E-state index >= 15 is 0 Å². The van der Waals surface area contributed by atoms with Gasteiger partial charge in [-0.05, 0) is 17.7 Å². The van der Waals surface area contributed by atoms with Gasteiger partial charge in [0.25, 0.3) is 5.56 Å². The molecule has 0 radical (unpaired) electrons. The molecular weight excluding hydrogens is 260 g/mol. The fourth-order valence-corrected chi connectivity index (χ4v) is 1.83. The molecule has 0 aliphatic rings. The molecule has 0 aliphatic carbocycles. The number of aliphatic carboxylic acids is 1. The number of carboxylic acids is 1. The number of rotatable bonds is 5. The summed E-state index contributed by atoms with van der Waals surface area (Å²) >= 11 is 0. The molecule has 0 unspecified atom stereocenters. The third-order valence-electron chi connectivity index (χ3n) is 2.71. The second kappa shape index (κ2) is 6.01. The first kappa shape index (κ1) is 13.8. The summed E-state index contributed by atoms with van der Waals surface area (Å²) in [5, 5.41) is 8.73. The van der Waals surface area contributed by atoms with E-state index in [1.165, 1.54) is 6.07 Å². The van der Waals surface area contributed by atoms with Crippen LogP contribution in [-0.2, 0) is 17.6 Å². The van der Waals surface area contributed by atoms with Crippen molar-refractivity contribution in [3.63, 3.8) is 0 Å². The maximum absolute atomic E-state index is 11.5. The maximum Gasteiger partial charge on any atom is 0.309 e. The van der Waals surface area contributed by atoms with E-state index in [1.807, 2.05) is 24.3 Å². The van der Waals surface area contributed by atoms with Gasteiger partial charge in [0.2, 0.25) is 0 Å². The molecule has 1 heterocycles. The number of ether oxygens (including phenoxy) is 1. The largest absolute Gasteiger partial charge is 0.497 e. The zero-order valence-electron chi connectivity index (χ0n) is 10.9. The predicted octanol–water partition coefficient (Wildman–Crippen LogP) is 0.996. The first-order valence-corrected chi connectivity index (χ1v) is 6.00. The number of nitrogens with one attached hydrogen (secondary N) is 1. The number of nitrogens with zero attached hydrogens (tertiary/aromatic N) is 1. The molecule has 0 atom stereocenters. The van der Waals surface area contributed by atoms with Crippen molar-refractivity contribution in [1.82, 2.24) is 9.97 Å². The van der Waals surface area contributed by atoms with Crippen LogP contribution < -0.4 is 10.3 Å². The number of H-pyrrole nitrogens is 1. The molecule has 0 spiro atoms. The fraction of sp³-hybridized carbons (Fsp3) is 0.214. The molecule has 0 amide bonds. The molecule has 0 fully saturated rings. The Kier molecular flexibility index (Phi) is 4.14. The molecule has 2 N–H and O–H groups in total. The molecular formula is C14H14N2O4. The van der Waals surface area contributed by atoms with Crippen molar-refractivity contribution < 1.29 is 14.6 Å². The van der Waals surface area contributed by atoms with Crippen molar-refractivity contribution in [2.75, 3.05) is 7.11 Å². The summed E-state index contributed by atoms with van der Waals surface area (Å²) in [7, 11) is 1.59. The van der Waals surface area contributed by atoms with E-state index in [2.05, 4.69) is 9.97 Å². The summed E-state index contributed by atoms with van der Waals surface area (Å²) in [6, 6.07) is 8.56. The van der Waals surface area contributed by atoms with Gasteiger partial charge >= 0.3 is 5.97 Å². The van der Waals surface area contributed by atoms with Crippen LogP contribution in [0.1, 0.15) is 17.1 Å². The molecule has 2 rings (SSSR count). The first-order valence-electron chi connectivity index (χ1n) is 6.00. The minimum Gasteiger partial charge on any atom is -0.497 e. The van der Waals surface area contributed by atoms with E-state index in [0.717, 1.165) is 11.3 Å². The van der Waals surface area contributed by atoms with E-state index < -0.39 is 5.97 Å². The summed E-state index contributed by atoms with van der Waals surface area (Å²) in [4.78, 5) is 28.9. The normalized spacial score (nSPS) is 10.2. The molecule has 1 aromatic heterocycles. The monoisotopic (exact) mass is 274 g/mol. The third-order valence-corrected chi connectivity index (χ3v) is 2.71. The lowest BCUT2D eigenvalue weighted by Crippen LogP contribution is -2.15. The number of aromatic amines is 1. The van der Waals surface area contributed by atoms with Crippen molar-refractivity contribution >= 4 is 5.97 Å². The second-order valence-electron chi connectivity index (χ2n) is 4.28. The van der Waals surface area contributed by atoms with E-state index in [0.29, 0.717) is 12.2 Å². The number of methoxy groups -OCH3 is 1. The highest BCUT2D eigenvalue weighted by Crippen LogP contribution is 2.13. The van der Waals surface area contributed by atoms with Gasteiger partial charge in [-0.2, -0.15) is 0 Å². The standard InChI is InChI=1S/C14H14N2O4/c1-20-11-4-2-9(3-5-11)6-12-15-10(8-14(18)19)7-13(17)16-12/h2-5,7H,6,8H2,1H3,(H,18,19)(H,15,16,17). The van der Waals surface area contributed by atoms with Gasteiger partial charge in [0.15, 0.2) is 0 Å². The van der Waals surface area contributed by atoms with Crippen LogP contribution in [0.15, 0.2) is 35.1 Å². The van der Waals surface area contributed by atoms with Crippen LogP contribution in [0, 0.1) is 0 Å². The Labute approximate surface area is 115 Å². The lowest BCUT2D eigenvalue weighted by molar-refractivity contribution is -0.136. The number of aromatic nitrogens is 2. The smallest absolute Gasteiger partial charge is 0.309 e. The Morgan fingerprint density at radius 1 is 1.35 bits per heavy atom. The molecule has 2 aromatic rings. The third kappa shape index (κ3) is 3.68. The summed E-state index contributed by atoms with van der Waals surface area (Å²) in [6.45, 7) is 0. The number of carbonyl (C=O) groups is 1. The molecule has 104 valence electrons. The SMILES string of the molecule is COc1ccc(Cc2nc(CC(=O)O)cc(=O)[nH]2)cc1. The Morgan fingerprint density at radius 2 is 2.05 bits per heavy atom. The van der Waals surface area contributed by atoms with Crippen molar-refractivity contribution in [2.45, 2.75) is 12.8 Å². The molecule has 6 heteroatoms. The highest BCUT2D eigenvalue weighted by Gasteiger charge is 2.06. The average Bonchev–Trinajstić information content (AvgIpc) is 2.38. The van der Waals surface area contributed by atoms with Crippen LogP contribution in [0.25, 0.3) is 0 Å². The van der Waals surface area contributed by atoms with Gasteiger partial charge < -0.3 is 14.8 Å². The van der Waals surface area contributed by atoms with Gasteiger partial charge in [-0.1, -0.05) is 12.1 Å². The van der Waals surface area contributed by atoms with Crippen LogP contribution in [0.2, 0.25) is 0 Å². The van der Waals surface area contributed by atoms with Crippen LogP contribution in [0.4, 0.5) is 0 Å². The minimum atomic E-state index is -1.02. The number of benzene rings is 1. The Bertz CT molecular complexity index is 662. The first-order chi connectivity index (χ1) is 9.56. The molecule has 6 nitrogen and oxygen atoms in total. The van der Waals surface area contributed by atoms with Crippen LogP contribution in [0.5, 0.6) is 5.75 Å². The van der Waals surface area contributed by atoms with Gasteiger partial charge in [0.1, 0.15) is 11.6 Å². The van der Waals surface area contributed by atoms with Crippen LogP contribution >= 0.6 is 0 Å². The fourth-order valence-electron chi connectivity index (χ4n) is 1.83. The Hall–Kier alpha value is -2.63. The topological polar surface area (TPSA) is 92.3 Å². The van der Waals surface area contributed by atoms with Crippen LogP contribution in [-0.4, -0.2) is 28.2 Å². The zero-order chi connectivity index (χ0) is 14.5. The molecule has 20 heavy (non-hydrogen) atoms. The highest BCUT2D eigenvalue weighted by molar-refractivity contribution is 5.69. The van der Waals surface area contributed by atoms with Gasteiger partial charge in [-0.15, -0.1) is 0 Å². The summed E-state index contributed by atoms with van der Waals surface area (Å²) in [5.41, 5.74) is 0.853. The molecule has 0 aliphatic heterocycles. The minimum absolute atomic E-state index is 0.254. The van der Waals surface area contributed by atoms with Gasteiger partial charge in [0.05, 0.1) is 19.2 Å². The van der Waals surface area contributed by atoms with Crippen molar-refractivity contribution in [3.05, 3.63) is 57.8 Å². The Morgan fingerprint density at radius 3 is 2.65 bits per heavy atom. The number of carboxylic acid groups (broad SMARTS) is 1. The number of hydrogen-bond acceptors (Lipinski definition) is 4. The van der Waals surface area contributed by atoms with Gasteiger partial charge in [0, 0.05) is 12.5 Å². The lowest BCUT2D eigenvalue weighted by atomic mass is 10.1. The Balaban J connectivity index is 2.21. The van der Waals surface area contributed by atoms with Crippen LogP contribution in [0.3, 0.4) is 0 Å². The zero-order valence-corrected chi connectivity index (χ0v) is 10.9. The quantitative estimate of drug-likeness (QED) is 0.848. The van der Waals surface area contributed by atoms with Gasteiger partial charge in [-0.25, -0.2) is 4.98 Å². The van der Waals surface area contributed by atoms with Gasteiger partial charge in [-0.3, -0.25) is 9.59 Å². The van der Waals surface area contributed by atoms with Crippen molar-refractivity contribution in [1.29, 1.82) is 0 Å². The molecule has 1 aromatic carbocycles. The second-order valence-corrected chi connectivity index (χ2v) is 4.28. The predicted molar refractivity (Wildman–Crippen MR) is 72.0 cm³/mol. The molecule has 0 saturated carbocycles. The number of hydrogen-bond donors (Lipinski definition) is 2. The summed E-state index contributed by atoms with van der Waals surface area (Å²) < 4.78 is 5.06. The van der Waals surface area contributed by atoms with E-state index in [9.17, 15) is 9.59 Å². The van der Waals surface area contributed by atoms with Crippen molar-refractivity contribution in [2.24, 2.45) is 0 Å².